The Morgan fingerprint density at radius 2 is 1.59 bits per heavy atom. The van der Waals surface area contributed by atoms with Crippen LogP contribution in [0.5, 0.6) is 5.75 Å². The van der Waals surface area contributed by atoms with E-state index in [1.54, 1.807) is 31.4 Å². The Labute approximate surface area is 157 Å². The third-order valence-corrected chi connectivity index (χ3v) is 6.16. The third kappa shape index (κ3) is 4.11. The topological polar surface area (TPSA) is 127 Å². The monoisotopic (exact) mass is 389 g/mol. The van der Waals surface area contributed by atoms with Crippen LogP contribution in [0.4, 0.5) is 0 Å². The molecular formula is C19H19NO6S. The van der Waals surface area contributed by atoms with Crippen molar-refractivity contribution >= 4 is 15.8 Å². The summed E-state index contributed by atoms with van der Waals surface area (Å²) in [5, 5.41) is 18.0. The number of sulfone groups is 1. The smallest absolute Gasteiger partial charge is 0.340 e. The van der Waals surface area contributed by atoms with Crippen molar-refractivity contribution in [2.45, 2.75) is 16.2 Å². The molecule has 0 heterocycles. The number of benzene rings is 2. The molecule has 27 heavy (non-hydrogen) atoms. The van der Waals surface area contributed by atoms with Crippen LogP contribution in [-0.2, 0) is 14.6 Å². The third-order valence-electron chi connectivity index (χ3n) is 3.98. The Balaban J connectivity index is 2.39. The number of aliphatic hydroxyl groups excluding tert-OH is 1. The van der Waals surface area contributed by atoms with E-state index in [9.17, 15) is 18.3 Å². The van der Waals surface area contributed by atoms with Gasteiger partial charge in [-0.1, -0.05) is 36.1 Å². The van der Waals surface area contributed by atoms with Gasteiger partial charge in [-0.3, -0.25) is 0 Å². The van der Waals surface area contributed by atoms with Gasteiger partial charge in [0.2, 0.25) is 14.7 Å². The van der Waals surface area contributed by atoms with Gasteiger partial charge >= 0.3 is 5.97 Å². The van der Waals surface area contributed by atoms with Crippen molar-refractivity contribution in [1.29, 1.82) is 0 Å². The molecule has 0 saturated carbocycles. The number of carbonyl (C=O) groups is 1. The molecule has 0 bridgehead atoms. The average molecular weight is 389 g/mol. The van der Waals surface area contributed by atoms with Crippen molar-refractivity contribution in [2.24, 2.45) is 5.73 Å². The zero-order valence-electron chi connectivity index (χ0n) is 14.5. The maximum absolute atomic E-state index is 12.8. The standard InChI is InChI=1S/C19H19NO6S/c1-26-16-8-4-14(5-9-16)15-6-10-17(11-7-15)27(24,25)19(20,18(22)23)12-2-3-13-21/h4-11,21H,12-13,20H2,1H3,(H,22,23). The van der Waals surface area contributed by atoms with E-state index in [0.29, 0.717) is 5.75 Å². The zero-order valence-corrected chi connectivity index (χ0v) is 15.4. The van der Waals surface area contributed by atoms with Crippen LogP contribution >= 0.6 is 0 Å². The number of ether oxygens (including phenoxy) is 1. The van der Waals surface area contributed by atoms with Gasteiger partial charge in [-0.2, -0.15) is 0 Å². The lowest BCUT2D eigenvalue weighted by Gasteiger charge is -2.22. The van der Waals surface area contributed by atoms with Crippen LogP contribution in [0.1, 0.15) is 6.42 Å². The Bertz CT molecular complexity index is 972. The fourth-order valence-corrected chi connectivity index (χ4v) is 3.76. The lowest BCUT2D eigenvalue weighted by molar-refractivity contribution is -0.139. The molecule has 1 atom stereocenters. The quantitative estimate of drug-likeness (QED) is 0.635. The molecule has 0 saturated heterocycles. The first-order valence-electron chi connectivity index (χ1n) is 7.84. The summed E-state index contributed by atoms with van der Waals surface area (Å²) >= 11 is 0. The number of carboxylic acids is 1. The van der Waals surface area contributed by atoms with Gasteiger partial charge in [-0.05, 0) is 35.4 Å². The van der Waals surface area contributed by atoms with Crippen LogP contribution in [0.25, 0.3) is 11.1 Å². The highest BCUT2D eigenvalue weighted by Gasteiger charge is 2.48. The van der Waals surface area contributed by atoms with Crippen molar-refractivity contribution in [2.75, 3.05) is 13.7 Å². The maximum Gasteiger partial charge on any atom is 0.340 e. The molecule has 4 N–H and O–H groups in total. The molecule has 8 heteroatoms. The molecule has 0 radical (unpaired) electrons. The number of nitrogens with two attached hydrogens (primary N) is 1. The van der Waals surface area contributed by atoms with E-state index in [4.69, 9.17) is 15.6 Å². The highest BCUT2D eigenvalue weighted by atomic mass is 32.2. The molecule has 0 aliphatic carbocycles. The minimum atomic E-state index is -4.42. The molecule has 0 aromatic heterocycles. The number of carboxylic acid groups (broad SMARTS) is 1. The molecule has 0 aliphatic heterocycles. The summed E-state index contributed by atoms with van der Waals surface area (Å²) in [6.45, 7) is -0.522. The molecule has 0 spiro atoms. The summed E-state index contributed by atoms with van der Waals surface area (Å²) < 4.78 is 30.6. The van der Waals surface area contributed by atoms with Gasteiger partial charge in [0, 0.05) is 0 Å². The molecule has 2 aromatic carbocycles. The maximum atomic E-state index is 12.8. The Hall–Kier alpha value is -2.86. The predicted molar refractivity (Wildman–Crippen MR) is 99.6 cm³/mol. The van der Waals surface area contributed by atoms with Crippen molar-refractivity contribution < 1.29 is 28.2 Å². The minimum Gasteiger partial charge on any atom is -0.497 e. The van der Waals surface area contributed by atoms with Crippen LogP contribution in [0.2, 0.25) is 0 Å². The predicted octanol–water partition coefficient (Wildman–Crippen LogP) is 1.26. The van der Waals surface area contributed by atoms with Crippen molar-refractivity contribution in [3.05, 3.63) is 48.5 Å². The van der Waals surface area contributed by atoms with E-state index in [1.807, 2.05) is 12.1 Å². The molecule has 2 rings (SSSR count). The molecule has 1 unspecified atom stereocenters. The van der Waals surface area contributed by atoms with E-state index < -0.39 is 33.7 Å². The van der Waals surface area contributed by atoms with Gasteiger partial charge in [0.25, 0.3) is 0 Å². The summed E-state index contributed by atoms with van der Waals surface area (Å²) in [7, 11) is -2.86. The second kappa shape index (κ2) is 8.22. The first-order chi connectivity index (χ1) is 12.8. The molecule has 142 valence electrons. The van der Waals surface area contributed by atoms with Crippen LogP contribution in [0.3, 0.4) is 0 Å². The molecule has 7 nitrogen and oxygen atoms in total. The fourth-order valence-electron chi connectivity index (χ4n) is 2.36. The van der Waals surface area contributed by atoms with Crippen LogP contribution in [0.15, 0.2) is 53.4 Å². The number of rotatable bonds is 6. The average Bonchev–Trinajstić information content (AvgIpc) is 2.68. The first kappa shape index (κ1) is 20.5. The van der Waals surface area contributed by atoms with E-state index in [1.165, 1.54) is 12.1 Å². The fraction of sp³-hybridized carbons (Fsp3) is 0.211. The largest absolute Gasteiger partial charge is 0.497 e. The van der Waals surface area contributed by atoms with Crippen LogP contribution in [-0.4, -0.2) is 43.2 Å². The molecule has 0 fully saturated rings. The van der Waals surface area contributed by atoms with Crippen LogP contribution < -0.4 is 10.5 Å². The van der Waals surface area contributed by atoms with Gasteiger partial charge < -0.3 is 20.7 Å². The van der Waals surface area contributed by atoms with Gasteiger partial charge in [0.15, 0.2) is 0 Å². The van der Waals surface area contributed by atoms with Crippen molar-refractivity contribution in [1.82, 2.24) is 0 Å². The van der Waals surface area contributed by atoms with Gasteiger partial charge in [0.1, 0.15) is 12.4 Å². The lowest BCUT2D eigenvalue weighted by Crippen LogP contribution is -2.54. The van der Waals surface area contributed by atoms with Gasteiger partial charge in [-0.15, -0.1) is 0 Å². The summed E-state index contributed by atoms with van der Waals surface area (Å²) in [5.41, 5.74) is 7.27. The number of aliphatic hydroxyl groups is 1. The first-order valence-corrected chi connectivity index (χ1v) is 9.32. The molecule has 2 aromatic rings. The number of aliphatic carboxylic acids is 1. The van der Waals surface area contributed by atoms with E-state index in [-0.39, 0.29) is 4.90 Å². The molecule has 0 amide bonds. The number of hydrogen-bond acceptors (Lipinski definition) is 6. The van der Waals surface area contributed by atoms with Gasteiger partial charge in [-0.25, -0.2) is 13.2 Å². The van der Waals surface area contributed by atoms with Gasteiger partial charge in [0.05, 0.1) is 18.4 Å². The number of hydrogen-bond donors (Lipinski definition) is 3. The second-order valence-electron chi connectivity index (χ2n) is 5.64. The number of methoxy groups -OCH3 is 1. The van der Waals surface area contributed by atoms with E-state index in [2.05, 4.69) is 11.8 Å². The zero-order chi connectivity index (χ0) is 20.1. The van der Waals surface area contributed by atoms with Crippen molar-refractivity contribution in [3.63, 3.8) is 0 Å². The Morgan fingerprint density at radius 3 is 2.04 bits per heavy atom. The highest BCUT2D eigenvalue weighted by molar-refractivity contribution is 7.93. The summed E-state index contributed by atoms with van der Waals surface area (Å²) in [5.74, 6) is 3.47. The summed E-state index contributed by atoms with van der Waals surface area (Å²) in [4.78, 5) is 8.70. The SMILES string of the molecule is COc1ccc(-c2ccc(S(=O)(=O)C(N)(CC#CCO)C(=O)O)cc2)cc1. The van der Waals surface area contributed by atoms with E-state index in [0.717, 1.165) is 11.1 Å². The summed E-state index contributed by atoms with van der Waals surface area (Å²) in [6.07, 6.45) is -0.647. The summed E-state index contributed by atoms with van der Waals surface area (Å²) in [6, 6.07) is 12.9. The minimum absolute atomic E-state index is 0.226. The lowest BCUT2D eigenvalue weighted by atomic mass is 10.1. The molecular weight excluding hydrogens is 370 g/mol. The highest BCUT2D eigenvalue weighted by Crippen LogP contribution is 2.28. The Kier molecular flexibility index (Phi) is 6.23. The van der Waals surface area contributed by atoms with Crippen LogP contribution in [0, 0.1) is 11.8 Å². The Morgan fingerprint density at radius 1 is 1.07 bits per heavy atom. The van der Waals surface area contributed by atoms with Crippen molar-refractivity contribution in [3.8, 4) is 28.7 Å². The van der Waals surface area contributed by atoms with E-state index >= 15 is 0 Å². The molecule has 0 aliphatic rings. The second-order valence-corrected chi connectivity index (χ2v) is 7.85. The normalized spacial score (nSPS) is 13.1.